The van der Waals surface area contributed by atoms with Gasteiger partial charge >= 0.3 is 0 Å². The Labute approximate surface area is 83.3 Å². The molecule has 0 bridgehead atoms. The Bertz CT molecular complexity index is 273. The second-order valence-corrected chi connectivity index (χ2v) is 3.45. The molecule has 76 valence electrons. The van der Waals surface area contributed by atoms with Crippen molar-refractivity contribution in [3.63, 3.8) is 0 Å². The zero-order valence-electron chi connectivity index (χ0n) is 7.93. The van der Waals surface area contributed by atoms with Crippen LogP contribution in [-0.4, -0.2) is 24.1 Å². The van der Waals surface area contributed by atoms with Crippen molar-refractivity contribution in [3.05, 3.63) is 35.9 Å². The van der Waals surface area contributed by atoms with Crippen LogP contribution < -0.4 is 0 Å². The summed E-state index contributed by atoms with van der Waals surface area (Å²) in [6, 6.07) is 9.93. The van der Waals surface area contributed by atoms with E-state index in [1.54, 1.807) is 0 Å². The Kier molecular flexibility index (Phi) is 3.14. The largest absolute Gasteiger partial charge is 0.391 e. The first-order chi connectivity index (χ1) is 6.84. The maximum Gasteiger partial charge on any atom is 0.160 e. The smallest absolute Gasteiger partial charge is 0.160 e. The summed E-state index contributed by atoms with van der Waals surface area (Å²) in [7, 11) is 0. The summed E-state index contributed by atoms with van der Waals surface area (Å²) in [6.45, 7) is 0.928. The lowest BCUT2D eigenvalue weighted by Crippen LogP contribution is -2.11. The normalized spacial score (nSPS) is 26.6. The van der Waals surface area contributed by atoms with Crippen LogP contribution in [0.3, 0.4) is 0 Å². The molecular weight excluding hydrogens is 180 g/mol. The van der Waals surface area contributed by atoms with Crippen molar-refractivity contribution >= 4 is 0 Å². The highest BCUT2D eigenvalue weighted by Crippen LogP contribution is 2.15. The molecule has 1 aliphatic heterocycles. The molecule has 0 unspecified atom stereocenters. The summed E-state index contributed by atoms with van der Waals surface area (Å²) in [5.41, 5.74) is 1.12. The van der Waals surface area contributed by atoms with Crippen molar-refractivity contribution in [2.24, 2.45) is 0 Å². The molecule has 0 radical (unpaired) electrons. The van der Waals surface area contributed by atoms with E-state index in [0.717, 1.165) is 5.56 Å². The lowest BCUT2D eigenvalue weighted by molar-refractivity contribution is -0.118. The third kappa shape index (κ3) is 2.54. The van der Waals surface area contributed by atoms with Gasteiger partial charge in [0.25, 0.3) is 0 Å². The maximum atomic E-state index is 9.19. The summed E-state index contributed by atoms with van der Waals surface area (Å²) in [4.78, 5) is 0. The molecule has 0 spiro atoms. The summed E-state index contributed by atoms with van der Waals surface area (Å²) in [5.74, 6) is 0. The molecule has 2 rings (SSSR count). The van der Waals surface area contributed by atoms with E-state index >= 15 is 0 Å². The van der Waals surface area contributed by atoms with Gasteiger partial charge in [-0.05, 0) is 5.56 Å². The van der Waals surface area contributed by atoms with E-state index in [9.17, 15) is 5.11 Å². The van der Waals surface area contributed by atoms with Crippen LogP contribution in [0.5, 0.6) is 0 Å². The van der Waals surface area contributed by atoms with Gasteiger partial charge in [-0.3, -0.25) is 0 Å². The zero-order chi connectivity index (χ0) is 9.80. The Morgan fingerprint density at radius 2 is 2.14 bits per heavy atom. The molecule has 0 aromatic heterocycles. The van der Waals surface area contributed by atoms with E-state index in [-0.39, 0.29) is 12.4 Å². The van der Waals surface area contributed by atoms with Crippen molar-refractivity contribution < 1.29 is 14.6 Å². The first kappa shape index (κ1) is 9.65. The molecule has 1 aromatic rings. The molecular formula is C11H14O3. The summed E-state index contributed by atoms with van der Waals surface area (Å²) in [6.07, 6.45) is -0.0340. The number of hydrogen-bond acceptors (Lipinski definition) is 3. The van der Waals surface area contributed by atoms with E-state index in [1.165, 1.54) is 0 Å². The molecule has 0 aliphatic carbocycles. The number of aliphatic hydroxyl groups excluding tert-OH is 1. The van der Waals surface area contributed by atoms with Crippen molar-refractivity contribution in [2.45, 2.75) is 25.4 Å². The summed E-state index contributed by atoms with van der Waals surface area (Å²) < 4.78 is 10.7. The Balaban J connectivity index is 1.78. The zero-order valence-corrected chi connectivity index (χ0v) is 7.93. The second-order valence-electron chi connectivity index (χ2n) is 3.45. The van der Waals surface area contributed by atoms with Crippen LogP contribution in [0.4, 0.5) is 0 Å². The van der Waals surface area contributed by atoms with Crippen LogP contribution in [0.15, 0.2) is 30.3 Å². The van der Waals surface area contributed by atoms with Gasteiger partial charge in [-0.2, -0.15) is 0 Å². The van der Waals surface area contributed by atoms with Gasteiger partial charge in [-0.15, -0.1) is 0 Å². The highest BCUT2D eigenvalue weighted by molar-refractivity contribution is 5.13. The molecule has 2 atom stereocenters. The average Bonchev–Trinajstić information content (AvgIpc) is 2.63. The maximum absolute atomic E-state index is 9.19. The molecule has 0 amide bonds. The number of aliphatic hydroxyl groups is 1. The predicted octanol–water partition coefficient (Wildman–Crippen LogP) is 1.31. The molecule has 3 heteroatoms. The topological polar surface area (TPSA) is 38.7 Å². The minimum Gasteiger partial charge on any atom is -0.391 e. The fourth-order valence-electron chi connectivity index (χ4n) is 1.46. The van der Waals surface area contributed by atoms with Gasteiger partial charge in [0.2, 0.25) is 0 Å². The van der Waals surface area contributed by atoms with Crippen LogP contribution in [-0.2, 0) is 16.1 Å². The quantitative estimate of drug-likeness (QED) is 0.788. The predicted molar refractivity (Wildman–Crippen MR) is 51.6 cm³/mol. The highest BCUT2D eigenvalue weighted by Gasteiger charge is 2.23. The molecule has 1 saturated heterocycles. The molecule has 0 saturated carbocycles. The SMILES string of the molecule is O[C@H]1CO[C@@H](OCc2ccccc2)C1. The monoisotopic (exact) mass is 194 g/mol. The fourth-order valence-corrected chi connectivity index (χ4v) is 1.46. The molecule has 3 nitrogen and oxygen atoms in total. The first-order valence-electron chi connectivity index (χ1n) is 4.80. The minimum atomic E-state index is -0.365. The summed E-state index contributed by atoms with van der Waals surface area (Å²) in [5, 5.41) is 9.19. The molecule has 1 heterocycles. The average molecular weight is 194 g/mol. The third-order valence-electron chi connectivity index (χ3n) is 2.22. The molecule has 1 N–H and O–H groups in total. The van der Waals surface area contributed by atoms with Crippen LogP contribution in [0.25, 0.3) is 0 Å². The second kappa shape index (κ2) is 4.55. The minimum absolute atomic E-state index is 0.245. The van der Waals surface area contributed by atoms with Gasteiger partial charge in [0.15, 0.2) is 6.29 Å². The Morgan fingerprint density at radius 1 is 1.36 bits per heavy atom. The van der Waals surface area contributed by atoms with E-state index in [1.807, 2.05) is 30.3 Å². The van der Waals surface area contributed by atoms with Crippen LogP contribution >= 0.6 is 0 Å². The standard InChI is InChI=1S/C11H14O3/c12-10-6-11(14-8-10)13-7-9-4-2-1-3-5-9/h1-5,10-12H,6-8H2/t10-,11-/m1/s1. The molecule has 1 fully saturated rings. The highest BCUT2D eigenvalue weighted by atomic mass is 16.7. The first-order valence-corrected chi connectivity index (χ1v) is 4.80. The number of rotatable bonds is 3. The lowest BCUT2D eigenvalue weighted by Gasteiger charge is -2.10. The van der Waals surface area contributed by atoms with E-state index in [2.05, 4.69) is 0 Å². The van der Waals surface area contributed by atoms with Gasteiger partial charge in [-0.1, -0.05) is 30.3 Å². The Hall–Kier alpha value is -0.900. The van der Waals surface area contributed by atoms with E-state index < -0.39 is 0 Å². The van der Waals surface area contributed by atoms with E-state index in [0.29, 0.717) is 19.6 Å². The van der Waals surface area contributed by atoms with Crippen molar-refractivity contribution in [1.29, 1.82) is 0 Å². The van der Waals surface area contributed by atoms with Gasteiger partial charge in [0.05, 0.1) is 19.3 Å². The number of ether oxygens (including phenoxy) is 2. The van der Waals surface area contributed by atoms with Crippen molar-refractivity contribution in [2.75, 3.05) is 6.61 Å². The van der Waals surface area contributed by atoms with Crippen LogP contribution in [0.1, 0.15) is 12.0 Å². The molecule has 14 heavy (non-hydrogen) atoms. The van der Waals surface area contributed by atoms with E-state index in [4.69, 9.17) is 9.47 Å². The van der Waals surface area contributed by atoms with Gasteiger partial charge < -0.3 is 14.6 Å². The Morgan fingerprint density at radius 3 is 2.79 bits per heavy atom. The lowest BCUT2D eigenvalue weighted by atomic mass is 10.2. The number of benzene rings is 1. The van der Waals surface area contributed by atoms with Gasteiger partial charge in [0.1, 0.15) is 0 Å². The molecule has 1 aromatic carbocycles. The molecule has 1 aliphatic rings. The third-order valence-corrected chi connectivity index (χ3v) is 2.22. The summed E-state index contributed by atoms with van der Waals surface area (Å²) >= 11 is 0. The fraction of sp³-hybridized carbons (Fsp3) is 0.455. The van der Waals surface area contributed by atoms with Crippen LogP contribution in [0.2, 0.25) is 0 Å². The van der Waals surface area contributed by atoms with Crippen molar-refractivity contribution in [3.8, 4) is 0 Å². The number of hydrogen-bond donors (Lipinski definition) is 1. The van der Waals surface area contributed by atoms with Crippen molar-refractivity contribution in [1.82, 2.24) is 0 Å². The van der Waals surface area contributed by atoms with Gasteiger partial charge in [0, 0.05) is 6.42 Å². The van der Waals surface area contributed by atoms with Crippen LogP contribution in [0, 0.1) is 0 Å². The van der Waals surface area contributed by atoms with Gasteiger partial charge in [-0.25, -0.2) is 0 Å².